The van der Waals surface area contributed by atoms with Crippen molar-refractivity contribution in [2.45, 2.75) is 25.6 Å². The number of rotatable bonds is 7. The van der Waals surface area contributed by atoms with E-state index in [1.165, 1.54) is 24.3 Å². The van der Waals surface area contributed by atoms with E-state index in [-0.39, 0.29) is 11.3 Å². The number of nitro benzene ring substituents is 1. The van der Waals surface area contributed by atoms with Gasteiger partial charge in [0.25, 0.3) is 5.69 Å². The second-order valence-corrected chi connectivity index (χ2v) is 6.58. The van der Waals surface area contributed by atoms with Crippen LogP contribution >= 0.6 is 0 Å². The van der Waals surface area contributed by atoms with Crippen LogP contribution in [0.4, 0.5) is 5.69 Å². The number of hydrogen-bond acceptors (Lipinski definition) is 5. The SMILES string of the molecule is CC(C)[C@H](NS(=O)(=O)Cc1ccccc1[N+](=O)[O-])C(=O)O. The lowest BCUT2D eigenvalue weighted by Crippen LogP contribution is -2.44. The van der Waals surface area contributed by atoms with Gasteiger partial charge in [-0.25, -0.2) is 13.1 Å². The standard InChI is InChI=1S/C12H16N2O6S/c1-8(2)11(12(15)16)13-21(19,20)7-9-5-3-4-6-10(9)14(17)18/h3-6,8,11,13H,7H2,1-2H3,(H,15,16)/t11-/m0/s1. The van der Waals surface area contributed by atoms with Crippen LogP contribution in [-0.2, 0) is 20.6 Å². The number of benzene rings is 1. The van der Waals surface area contributed by atoms with Crippen LogP contribution < -0.4 is 4.72 Å². The minimum absolute atomic E-state index is 0.00268. The average Bonchev–Trinajstić information content (AvgIpc) is 2.35. The van der Waals surface area contributed by atoms with Gasteiger partial charge in [-0.1, -0.05) is 32.0 Å². The molecule has 0 aromatic heterocycles. The quantitative estimate of drug-likeness (QED) is 0.573. The van der Waals surface area contributed by atoms with Gasteiger partial charge in [0.1, 0.15) is 6.04 Å². The zero-order valence-corrected chi connectivity index (χ0v) is 12.3. The Morgan fingerprint density at radius 2 is 1.95 bits per heavy atom. The first-order chi connectivity index (χ1) is 9.64. The van der Waals surface area contributed by atoms with Gasteiger partial charge < -0.3 is 5.11 Å². The molecule has 21 heavy (non-hydrogen) atoms. The summed E-state index contributed by atoms with van der Waals surface area (Å²) in [6.45, 7) is 3.12. The Kier molecular flexibility index (Phi) is 5.39. The van der Waals surface area contributed by atoms with Gasteiger partial charge in [0.05, 0.1) is 10.7 Å². The summed E-state index contributed by atoms with van der Waals surface area (Å²) in [7, 11) is -4.02. The molecule has 1 rings (SSSR count). The van der Waals surface area contributed by atoms with E-state index in [0.717, 1.165) is 0 Å². The molecule has 0 aliphatic heterocycles. The molecule has 0 bridgehead atoms. The molecule has 0 heterocycles. The number of carbonyl (C=O) groups is 1. The molecular weight excluding hydrogens is 300 g/mol. The van der Waals surface area contributed by atoms with Crippen LogP contribution in [0.25, 0.3) is 0 Å². The second-order valence-electron chi connectivity index (χ2n) is 4.82. The van der Waals surface area contributed by atoms with E-state index in [1.54, 1.807) is 13.8 Å². The molecule has 8 nitrogen and oxygen atoms in total. The third-order valence-electron chi connectivity index (χ3n) is 2.77. The molecule has 2 N–H and O–H groups in total. The Bertz CT molecular complexity index is 641. The van der Waals surface area contributed by atoms with Crippen LogP contribution in [0.1, 0.15) is 19.4 Å². The van der Waals surface area contributed by atoms with Gasteiger partial charge in [-0.2, -0.15) is 0 Å². The molecular formula is C12H16N2O6S. The average molecular weight is 316 g/mol. The molecule has 0 radical (unpaired) electrons. The summed E-state index contributed by atoms with van der Waals surface area (Å²) in [5, 5.41) is 19.8. The molecule has 116 valence electrons. The number of nitrogens with one attached hydrogen (secondary N) is 1. The van der Waals surface area contributed by atoms with Crippen LogP contribution in [0, 0.1) is 16.0 Å². The predicted molar refractivity (Wildman–Crippen MR) is 75.1 cm³/mol. The first-order valence-corrected chi connectivity index (χ1v) is 7.74. The topological polar surface area (TPSA) is 127 Å². The van der Waals surface area contributed by atoms with Gasteiger partial charge >= 0.3 is 5.97 Å². The zero-order chi connectivity index (χ0) is 16.2. The summed E-state index contributed by atoms with van der Waals surface area (Å²) in [6, 6.07) is 4.15. The van der Waals surface area contributed by atoms with E-state index in [0.29, 0.717) is 0 Å². The molecule has 0 spiro atoms. The summed E-state index contributed by atoms with van der Waals surface area (Å²) >= 11 is 0. The molecule has 0 unspecified atom stereocenters. The maximum Gasteiger partial charge on any atom is 0.321 e. The molecule has 0 aliphatic carbocycles. The molecule has 0 amide bonds. The molecule has 0 saturated carbocycles. The fourth-order valence-corrected chi connectivity index (χ4v) is 3.22. The molecule has 0 aliphatic rings. The summed E-state index contributed by atoms with van der Waals surface area (Å²) in [6.07, 6.45) is 0. The lowest BCUT2D eigenvalue weighted by molar-refractivity contribution is -0.385. The van der Waals surface area contributed by atoms with Crippen molar-refractivity contribution in [1.29, 1.82) is 0 Å². The molecule has 1 aromatic carbocycles. The van der Waals surface area contributed by atoms with Gasteiger partial charge in [-0.15, -0.1) is 0 Å². The van der Waals surface area contributed by atoms with Crippen LogP contribution in [0.3, 0.4) is 0 Å². The number of nitrogens with zero attached hydrogens (tertiary/aromatic N) is 1. The minimum Gasteiger partial charge on any atom is -0.480 e. The Labute approximate surface area is 122 Å². The first-order valence-electron chi connectivity index (χ1n) is 6.09. The number of sulfonamides is 1. The Morgan fingerprint density at radius 3 is 2.43 bits per heavy atom. The van der Waals surface area contributed by atoms with E-state index in [9.17, 15) is 23.3 Å². The smallest absolute Gasteiger partial charge is 0.321 e. The summed E-state index contributed by atoms with van der Waals surface area (Å²) in [5.74, 6) is -2.40. The fraction of sp³-hybridized carbons (Fsp3) is 0.417. The molecule has 1 atom stereocenters. The van der Waals surface area contributed by atoms with Crippen molar-refractivity contribution in [2.24, 2.45) is 5.92 Å². The van der Waals surface area contributed by atoms with Gasteiger partial charge in [-0.3, -0.25) is 14.9 Å². The van der Waals surface area contributed by atoms with Crippen molar-refractivity contribution in [3.63, 3.8) is 0 Å². The van der Waals surface area contributed by atoms with Crippen LogP contribution in [0.15, 0.2) is 24.3 Å². The van der Waals surface area contributed by atoms with E-state index in [1.807, 2.05) is 0 Å². The number of aliphatic carboxylic acids is 1. The Morgan fingerprint density at radius 1 is 1.38 bits per heavy atom. The van der Waals surface area contributed by atoms with Gasteiger partial charge in [0.2, 0.25) is 10.0 Å². The number of nitro groups is 1. The Hall–Kier alpha value is -2.00. The third-order valence-corrected chi connectivity index (χ3v) is 4.08. The lowest BCUT2D eigenvalue weighted by Gasteiger charge is -2.17. The fourth-order valence-electron chi connectivity index (χ4n) is 1.72. The van der Waals surface area contributed by atoms with Crippen molar-refractivity contribution in [3.05, 3.63) is 39.9 Å². The van der Waals surface area contributed by atoms with E-state index in [2.05, 4.69) is 4.72 Å². The predicted octanol–water partition coefficient (Wildman–Crippen LogP) is 1.12. The van der Waals surface area contributed by atoms with Gasteiger partial charge in [-0.05, 0) is 5.92 Å². The highest BCUT2D eigenvalue weighted by Crippen LogP contribution is 2.20. The number of carboxylic acid groups (broad SMARTS) is 1. The first kappa shape index (κ1) is 17.1. The summed E-state index contributed by atoms with van der Waals surface area (Å²) in [4.78, 5) is 21.2. The van der Waals surface area contributed by atoms with Crippen LogP contribution in [0.2, 0.25) is 0 Å². The van der Waals surface area contributed by atoms with E-state index >= 15 is 0 Å². The molecule has 0 saturated heterocycles. The highest BCUT2D eigenvalue weighted by atomic mass is 32.2. The highest BCUT2D eigenvalue weighted by Gasteiger charge is 2.28. The van der Waals surface area contributed by atoms with Crippen molar-refractivity contribution in [2.75, 3.05) is 0 Å². The maximum absolute atomic E-state index is 12.0. The number of carboxylic acids is 1. The van der Waals surface area contributed by atoms with Crippen molar-refractivity contribution in [1.82, 2.24) is 4.72 Å². The molecule has 0 fully saturated rings. The number of hydrogen-bond donors (Lipinski definition) is 2. The maximum atomic E-state index is 12.0. The normalized spacial score (nSPS) is 13.1. The van der Waals surface area contributed by atoms with Crippen LogP contribution in [0.5, 0.6) is 0 Å². The van der Waals surface area contributed by atoms with Gasteiger partial charge in [0, 0.05) is 11.6 Å². The van der Waals surface area contributed by atoms with E-state index < -0.39 is 38.6 Å². The zero-order valence-electron chi connectivity index (χ0n) is 11.5. The largest absolute Gasteiger partial charge is 0.480 e. The Balaban J connectivity index is 3.01. The molecule has 1 aromatic rings. The highest BCUT2D eigenvalue weighted by molar-refractivity contribution is 7.88. The summed E-state index contributed by atoms with van der Waals surface area (Å²) < 4.78 is 26.1. The van der Waals surface area contributed by atoms with Crippen molar-refractivity contribution >= 4 is 21.7 Å². The summed E-state index contributed by atoms with van der Waals surface area (Å²) in [5.41, 5.74) is -0.317. The second kappa shape index (κ2) is 6.64. The number of para-hydroxylation sites is 1. The van der Waals surface area contributed by atoms with Gasteiger partial charge in [0.15, 0.2) is 0 Å². The van der Waals surface area contributed by atoms with Crippen molar-refractivity contribution < 1.29 is 23.2 Å². The molecule has 9 heteroatoms. The minimum atomic E-state index is -4.02. The van der Waals surface area contributed by atoms with E-state index in [4.69, 9.17) is 5.11 Å². The monoisotopic (exact) mass is 316 g/mol. The van der Waals surface area contributed by atoms with Crippen molar-refractivity contribution in [3.8, 4) is 0 Å². The van der Waals surface area contributed by atoms with Crippen LogP contribution in [-0.4, -0.2) is 30.5 Å². The lowest BCUT2D eigenvalue weighted by atomic mass is 10.1. The third kappa shape index (κ3) is 4.80.